The third kappa shape index (κ3) is 3.67. The predicted octanol–water partition coefficient (Wildman–Crippen LogP) is 3.04. The van der Waals surface area contributed by atoms with E-state index in [-0.39, 0.29) is 6.04 Å². The fraction of sp³-hybridized carbons (Fsp3) is 0.450. The first-order valence-corrected chi connectivity index (χ1v) is 9.29. The van der Waals surface area contributed by atoms with Crippen LogP contribution in [0.1, 0.15) is 66.0 Å². The number of hydrogen-bond acceptors (Lipinski definition) is 4. The molecule has 2 aromatic rings. The quantitative estimate of drug-likeness (QED) is 0.780. The van der Waals surface area contributed by atoms with E-state index in [1.807, 2.05) is 11.6 Å². The Labute approximate surface area is 158 Å². The van der Waals surface area contributed by atoms with Crippen LogP contribution in [0.5, 0.6) is 5.75 Å². The highest BCUT2D eigenvalue weighted by Crippen LogP contribution is 2.28. The molecule has 7 heteroatoms. The van der Waals surface area contributed by atoms with Crippen LogP contribution in [0.2, 0.25) is 0 Å². The smallest absolute Gasteiger partial charge is 0.330 e. The SMILES string of the molecule is CCC(CC)n1ncc(C(=O)NC(C(=O)O)c2ccc3c(c2)CCO3)c1C. The summed E-state index contributed by atoms with van der Waals surface area (Å²) in [4.78, 5) is 24.5. The number of hydrogen-bond donors (Lipinski definition) is 2. The maximum Gasteiger partial charge on any atom is 0.330 e. The van der Waals surface area contributed by atoms with Gasteiger partial charge in [-0.25, -0.2) is 4.79 Å². The van der Waals surface area contributed by atoms with E-state index in [0.29, 0.717) is 17.7 Å². The van der Waals surface area contributed by atoms with Crippen molar-refractivity contribution in [3.05, 3.63) is 46.8 Å². The molecule has 0 saturated carbocycles. The van der Waals surface area contributed by atoms with Gasteiger partial charge in [0.25, 0.3) is 5.91 Å². The second-order valence-electron chi connectivity index (χ2n) is 6.77. The van der Waals surface area contributed by atoms with Crippen LogP contribution in [0.4, 0.5) is 0 Å². The average Bonchev–Trinajstić information content (AvgIpc) is 3.27. The van der Waals surface area contributed by atoms with Crippen LogP contribution in [0.25, 0.3) is 0 Å². The fourth-order valence-corrected chi connectivity index (χ4v) is 3.53. The summed E-state index contributed by atoms with van der Waals surface area (Å²) in [6.07, 6.45) is 4.08. The standard InChI is InChI=1S/C20H25N3O4/c1-4-15(5-2)23-12(3)16(11-21-23)19(24)22-18(20(25)26)14-6-7-17-13(10-14)8-9-27-17/h6-7,10-11,15,18H,4-5,8-9H2,1-3H3,(H,22,24)(H,25,26). The molecule has 1 aliphatic rings. The highest BCUT2D eigenvalue weighted by molar-refractivity contribution is 5.97. The lowest BCUT2D eigenvalue weighted by molar-refractivity contribution is -0.139. The molecule has 1 aliphatic heterocycles. The largest absolute Gasteiger partial charge is 0.493 e. The fourth-order valence-electron chi connectivity index (χ4n) is 3.53. The van der Waals surface area contributed by atoms with Crippen LogP contribution < -0.4 is 10.1 Å². The summed E-state index contributed by atoms with van der Waals surface area (Å²) in [5.74, 6) is -0.766. The van der Waals surface area contributed by atoms with Crippen molar-refractivity contribution in [2.24, 2.45) is 0 Å². The number of nitrogens with one attached hydrogen (secondary N) is 1. The lowest BCUT2D eigenvalue weighted by atomic mass is 10.0. The van der Waals surface area contributed by atoms with Crippen molar-refractivity contribution >= 4 is 11.9 Å². The molecule has 1 aromatic carbocycles. The van der Waals surface area contributed by atoms with Crippen LogP contribution in [0, 0.1) is 6.92 Å². The summed E-state index contributed by atoms with van der Waals surface area (Å²) in [5, 5.41) is 16.6. The number of aromatic nitrogens is 2. The number of carboxylic acids is 1. The van der Waals surface area contributed by atoms with Gasteiger partial charge in [0.05, 0.1) is 24.4 Å². The molecule has 1 aromatic heterocycles. The van der Waals surface area contributed by atoms with Gasteiger partial charge in [0.15, 0.2) is 6.04 Å². The van der Waals surface area contributed by atoms with Gasteiger partial charge in [-0.3, -0.25) is 9.48 Å². The zero-order valence-electron chi connectivity index (χ0n) is 15.9. The Kier molecular flexibility index (Phi) is 5.48. The summed E-state index contributed by atoms with van der Waals surface area (Å²) in [6.45, 7) is 6.58. The van der Waals surface area contributed by atoms with E-state index in [1.54, 1.807) is 18.2 Å². The number of amides is 1. The molecule has 1 atom stereocenters. The monoisotopic (exact) mass is 371 g/mol. The summed E-state index contributed by atoms with van der Waals surface area (Å²) in [5.41, 5.74) is 2.64. The average molecular weight is 371 g/mol. The van der Waals surface area contributed by atoms with Gasteiger partial charge in [-0.15, -0.1) is 0 Å². The molecule has 0 saturated heterocycles. The van der Waals surface area contributed by atoms with Crippen molar-refractivity contribution < 1.29 is 19.4 Å². The van der Waals surface area contributed by atoms with Gasteiger partial charge >= 0.3 is 5.97 Å². The number of carbonyl (C=O) groups excluding carboxylic acids is 1. The number of ether oxygens (including phenoxy) is 1. The van der Waals surface area contributed by atoms with Crippen LogP contribution in [-0.4, -0.2) is 33.4 Å². The van der Waals surface area contributed by atoms with Crippen molar-refractivity contribution in [2.75, 3.05) is 6.61 Å². The molecule has 3 rings (SSSR count). The van der Waals surface area contributed by atoms with E-state index in [4.69, 9.17) is 4.74 Å². The number of carboxylic acid groups (broad SMARTS) is 1. The van der Waals surface area contributed by atoms with Crippen molar-refractivity contribution in [1.29, 1.82) is 0 Å². The summed E-state index contributed by atoms with van der Waals surface area (Å²) in [6, 6.07) is 4.33. The Hall–Kier alpha value is -2.83. The van der Waals surface area contributed by atoms with Crippen molar-refractivity contribution in [1.82, 2.24) is 15.1 Å². The zero-order valence-corrected chi connectivity index (χ0v) is 15.9. The van der Waals surface area contributed by atoms with Crippen LogP contribution in [0.3, 0.4) is 0 Å². The third-order valence-corrected chi connectivity index (χ3v) is 5.15. The molecule has 2 N–H and O–H groups in total. The minimum absolute atomic E-state index is 0.221. The predicted molar refractivity (Wildman–Crippen MR) is 100 cm³/mol. The second-order valence-corrected chi connectivity index (χ2v) is 6.77. The molecule has 0 bridgehead atoms. The van der Waals surface area contributed by atoms with Gasteiger partial charge in [-0.2, -0.15) is 5.10 Å². The topological polar surface area (TPSA) is 93.5 Å². The van der Waals surface area contributed by atoms with Gasteiger partial charge < -0.3 is 15.2 Å². The van der Waals surface area contributed by atoms with Gasteiger partial charge in [0, 0.05) is 12.1 Å². The van der Waals surface area contributed by atoms with E-state index in [1.165, 1.54) is 6.20 Å². The number of aliphatic carboxylic acids is 1. The molecular formula is C20H25N3O4. The number of benzene rings is 1. The number of carbonyl (C=O) groups is 2. The molecular weight excluding hydrogens is 346 g/mol. The van der Waals surface area contributed by atoms with E-state index < -0.39 is 17.9 Å². The minimum Gasteiger partial charge on any atom is -0.493 e. The molecule has 0 aliphatic carbocycles. The van der Waals surface area contributed by atoms with Gasteiger partial charge in [-0.05, 0) is 43.0 Å². The summed E-state index contributed by atoms with van der Waals surface area (Å²) >= 11 is 0. The van der Waals surface area contributed by atoms with Crippen molar-refractivity contribution in [3.8, 4) is 5.75 Å². The van der Waals surface area contributed by atoms with Crippen LogP contribution in [0.15, 0.2) is 24.4 Å². The van der Waals surface area contributed by atoms with E-state index in [2.05, 4.69) is 24.3 Å². The molecule has 0 spiro atoms. The van der Waals surface area contributed by atoms with E-state index in [9.17, 15) is 14.7 Å². The molecule has 0 fully saturated rings. The Morgan fingerprint density at radius 1 is 1.33 bits per heavy atom. The molecule has 27 heavy (non-hydrogen) atoms. The van der Waals surface area contributed by atoms with Crippen LogP contribution >= 0.6 is 0 Å². The molecule has 144 valence electrons. The highest BCUT2D eigenvalue weighted by Gasteiger charge is 2.26. The number of rotatable bonds is 7. The van der Waals surface area contributed by atoms with Gasteiger partial charge in [-0.1, -0.05) is 19.9 Å². The van der Waals surface area contributed by atoms with E-state index in [0.717, 1.165) is 36.3 Å². The molecule has 1 unspecified atom stereocenters. The van der Waals surface area contributed by atoms with Crippen molar-refractivity contribution in [3.63, 3.8) is 0 Å². The maximum absolute atomic E-state index is 12.7. The Balaban J connectivity index is 1.83. The van der Waals surface area contributed by atoms with Crippen LogP contribution in [-0.2, 0) is 11.2 Å². The number of fused-ring (bicyclic) bond motifs is 1. The molecule has 1 amide bonds. The lowest BCUT2D eigenvalue weighted by Crippen LogP contribution is -2.34. The maximum atomic E-state index is 12.7. The first-order valence-electron chi connectivity index (χ1n) is 9.29. The Bertz CT molecular complexity index is 855. The molecule has 7 nitrogen and oxygen atoms in total. The first kappa shape index (κ1) is 18.9. The van der Waals surface area contributed by atoms with E-state index >= 15 is 0 Å². The normalized spacial score (nSPS) is 13.9. The summed E-state index contributed by atoms with van der Waals surface area (Å²) in [7, 11) is 0. The minimum atomic E-state index is -1.13. The summed E-state index contributed by atoms with van der Waals surface area (Å²) < 4.78 is 7.31. The highest BCUT2D eigenvalue weighted by atomic mass is 16.5. The second kappa shape index (κ2) is 7.82. The van der Waals surface area contributed by atoms with Gasteiger partial charge in [0.1, 0.15) is 5.75 Å². The molecule has 2 heterocycles. The zero-order chi connectivity index (χ0) is 19.6. The Morgan fingerprint density at radius 2 is 2.07 bits per heavy atom. The van der Waals surface area contributed by atoms with Gasteiger partial charge in [0.2, 0.25) is 0 Å². The van der Waals surface area contributed by atoms with Crippen molar-refractivity contribution in [2.45, 2.75) is 52.1 Å². The number of nitrogens with zero attached hydrogens (tertiary/aromatic N) is 2. The first-order chi connectivity index (χ1) is 13.0. The lowest BCUT2D eigenvalue weighted by Gasteiger charge is -2.17. The molecule has 0 radical (unpaired) electrons. The third-order valence-electron chi connectivity index (χ3n) is 5.15. The Morgan fingerprint density at radius 3 is 2.74 bits per heavy atom.